The molecule has 0 aliphatic heterocycles. The second-order valence-corrected chi connectivity index (χ2v) is 3.89. The van der Waals surface area contributed by atoms with E-state index >= 15 is 0 Å². The highest BCUT2D eigenvalue weighted by atomic mass is 16.5. The van der Waals surface area contributed by atoms with E-state index in [0.717, 1.165) is 0 Å². The van der Waals surface area contributed by atoms with E-state index in [0.29, 0.717) is 26.2 Å². The van der Waals surface area contributed by atoms with Crippen molar-refractivity contribution in [1.29, 1.82) is 0 Å². The molecular formula is C12H24N2O4. The first-order valence-corrected chi connectivity index (χ1v) is 6.26. The lowest BCUT2D eigenvalue weighted by molar-refractivity contribution is -0.146. The minimum Gasteiger partial charge on any atom is -0.465 e. The molecule has 0 saturated carbocycles. The van der Waals surface area contributed by atoms with E-state index < -0.39 is 12.1 Å². The number of nitrogens with one attached hydrogen (secondary N) is 2. The maximum absolute atomic E-state index is 11.7. The van der Waals surface area contributed by atoms with Gasteiger partial charge in [-0.2, -0.15) is 0 Å². The highest BCUT2D eigenvalue weighted by Gasteiger charge is 2.22. The quantitative estimate of drug-likeness (QED) is 0.453. The summed E-state index contributed by atoms with van der Waals surface area (Å²) in [7, 11) is 1.57. The summed E-state index contributed by atoms with van der Waals surface area (Å²) in [6.45, 7) is 6.59. The number of rotatable bonds is 9. The number of carbonyl (C=O) groups is 2. The van der Waals surface area contributed by atoms with Crippen molar-refractivity contribution >= 4 is 11.9 Å². The molecule has 6 nitrogen and oxygen atoms in total. The van der Waals surface area contributed by atoms with Gasteiger partial charge >= 0.3 is 5.97 Å². The number of hydrogen-bond donors (Lipinski definition) is 2. The van der Waals surface area contributed by atoms with Crippen molar-refractivity contribution in [1.82, 2.24) is 10.6 Å². The Balaban J connectivity index is 4.12. The molecule has 2 unspecified atom stereocenters. The van der Waals surface area contributed by atoms with Crippen LogP contribution in [0.5, 0.6) is 0 Å². The molecule has 0 aromatic heterocycles. The maximum Gasteiger partial charge on any atom is 0.323 e. The van der Waals surface area contributed by atoms with Gasteiger partial charge in [0.25, 0.3) is 0 Å². The van der Waals surface area contributed by atoms with E-state index in [1.165, 1.54) is 0 Å². The van der Waals surface area contributed by atoms with Crippen molar-refractivity contribution in [3.63, 3.8) is 0 Å². The number of methoxy groups -OCH3 is 1. The Hall–Kier alpha value is -1.14. The molecule has 0 aliphatic carbocycles. The van der Waals surface area contributed by atoms with Gasteiger partial charge in [0.2, 0.25) is 5.91 Å². The van der Waals surface area contributed by atoms with Crippen LogP contribution in [0.2, 0.25) is 0 Å². The van der Waals surface area contributed by atoms with E-state index in [-0.39, 0.29) is 11.9 Å². The molecule has 6 heteroatoms. The Kier molecular flexibility index (Phi) is 9.22. The summed E-state index contributed by atoms with van der Waals surface area (Å²) in [5, 5.41) is 5.66. The Morgan fingerprint density at radius 3 is 2.44 bits per heavy atom. The van der Waals surface area contributed by atoms with E-state index in [1.807, 2.05) is 6.92 Å². The van der Waals surface area contributed by atoms with Gasteiger partial charge in [-0.1, -0.05) is 6.92 Å². The Labute approximate surface area is 108 Å². The minimum atomic E-state index is -0.451. The number of carbonyl (C=O) groups excluding carboxylic acids is 2. The summed E-state index contributed by atoms with van der Waals surface area (Å²) >= 11 is 0. The van der Waals surface area contributed by atoms with Crippen molar-refractivity contribution in [2.24, 2.45) is 0 Å². The highest BCUT2D eigenvalue weighted by Crippen LogP contribution is 1.97. The van der Waals surface area contributed by atoms with E-state index in [1.54, 1.807) is 21.0 Å². The first kappa shape index (κ1) is 16.9. The molecule has 2 N–H and O–H groups in total. The Bertz CT molecular complexity index is 258. The predicted molar refractivity (Wildman–Crippen MR) is 68.2 cm³/mol. The summed E-state index contributed by atoms with van der Waals surface area (Å²) in [6, 6.07) is -0.899. The Morgan fingerprint density at radius 2 is 1.94 bits per heavy atom. The normalized spacial score (nSPS) is 13.8. The molecule has 0 aliphatic rings. The van der Waals surface area contributed by atoms with Crippen LogP contribution in [0.25, 0.3) is 0 Å². The van der Waals surface area contributed by atoms with Crippen LogP contribution in [-0.2, 0) is 19.1 Å². The first-order valence-electron chi connectivity index (χ1n) is 6.26. The fourth-order valence-corrected chi connectivity index (χ4v) is 1.40. The van der Waals surface area contributed by atoms with Gasteiger partial charge in [0.05, 0.1) is 19.3 Å². The summed E-state index contributed by atoms with van der Waals surface area (Å²) in [5.74, 6) is -0.480. The van der Waals surface area contributed by atoms with Gasteiger partial charge in [-0.15, -0.1) is 0 Å². The lowest BCUT2D eigenvalue weighted by Crippen LogP contribution is -2.50. The van der Waals surface area contributed by atoms with Crippen molar-refractivity contribution in [3.8, 4) is 0 Å². The SMILES string of the molecule is CCOC(=O)C(CC)NC(C)C(=O)NCCOC. The fourth-order valence-electron chi connectivity index (χ4n) is 1.40. The van der Waals surface area contributed by atoms with Gasteiger partial charge in [0.1, 0.15) is 6.04 Å². The molecule has 0 aromatic rings. The average molecular weight is 260 g/mol. The summed E-state index contributed by atoms with van der Waals surface area (Å²) < 4.78 is 9.76. The molecule has 1 amide bonds. The monoisotopic (exact) mass is 260 g/mol. The molecule has 0 spiro atoms. The lowest BCUT2D eigenvalue weighted by Gasteiger charge is -2.20. The van der Waals surface area contributed by atoms with Gasteiger partial charge in [0.15, 0.2) is 0 Å². The van der Waals surface area contributed by atoms with E-state index in [2.05, 4.69) is 10.6 Å². The van der Waals surface area contributed by atoms with Crippen LogP contribution < -0.4 is 10.6 Å². The van der Waals surface area contributed by atoms with Crippen LogP contribution in [0.4, 0.5) is 0 Å². The smallest absolute Gasteiger partial charge is 0.323 e. The molecule has 0 saturated heterocycles. The zero-order valence-electron chi connectivity index (χ0n) is 11.6. The van der Waals surface area contributed by atoms with Gasteiger partial charge in [-0.25, -0.2) is 0 Å². The Morgan fingerprint density at radius 1 is 1.28 bits per heavy atom. The van der Waals surface area contributed by atoms with Crippen LogP contribution in [0.3, 0.4) is 0 Å². The molecule has 2 atom stereocenters. The molecule has 0 rings (SSSR count). The van der Waals surface area contributed by atoms with Crippen LogP contribution in [-0.4, -0.2) is 50.8 Å². The zero-order chi connectivity index (χ0) is 14.0. The molecule has 18 heavy (non-hydrogen) atoms. The molecular weight excluding hydrogens is 236 g/mol. The lowest BCUT2D eigenvalue weighted by atomic mass is 10.2. The number of hydrogen-bond acceptors (Lipinski definition) is 5. The molecule has 0 aromatic carbocycles. The van der Waals surface area contributed by atoms with Crippen LogP contribution in [0, 0.1) is 0 Å². The largest absolute Gasteiger partial charge is 0.465 e. The average Bonchev–Trinajstić information content (AvgIpc) is 2.35. The summed E-state index contributed by atoms with van der Waals surface area (Å²) in [6.07, 6.45) is 0.578. The minimum absolute atomic E-state index is 0.158. The second kappa shape index (κ2) is 9.85. The topological polar surface area (TPSA) is 76.7 Å². The van der Waals surface area contributed by atoms with Gasteiger partial charge in [0, 0.05) is 13.7 Å². The number of amides is 1. The standard InChI is InChI=1S/C12H24N2O4/c1-5-10(12(16)18-6-2)14-9(3)11(15)13-7-8-17-4/h9-10,14H,5-8H2,1-4H3,(H,13,15). The van der Waals surface area contributed by atoms with Crippen molar-refractivity contribution in [2.45, 2.75) is 39.3 Å². The van der Waals surface area contributed by atoms with Crippen molar-refractivity contribution in [2.75, 3.05) is 26.9 Å². The van der Waals surface area contributed by atoms with E-state index in [9.17, 15) is 9.59 Å². The molecule has 0 bridgehead atoms. The molecule has 106 valence electrons. The predicted octanol–water partition coefficient (Wildman–Crippen LogP) is 0.0688. The van der Waals surface area contributed by atoms with E-state index in [4.69, 9.17) is 9.47 Å². The van der Waals surface area contributed by atoms with Crippen LogP contribution in [0.1, 0.15) is 27.2 Å². The molecule has 0 heterocycles. The summed E-state index contributed by atoms with van der Waals surface area (Å²) in [5.41, 5.74) is 0. The summed E-state index contributed by atoms with van der Waals surface area (Å²) in [4.78, 5) is 23.2. The number of esters is 1. The fraction of sp³-hybridized carbons (Fsp3) is 0.833. The van der Waals surface area contributed by atoms with Crippen molar-refractivity contribution in [3.05, 3.63) is 0 Å². The maximum atomic E-state index is 11.7. The third-order valence-corrected chi connectivity index (χ3v) is 2.43. The first-order chi connectivity index (χ1) is 8.56. The third-order valence-electron chi connectivity index (χ3n) is 2.43. The van der Waals surface area contributed by atoms with Crippen LogP contribution in [0.15, 0.2) is 0 Å². The highest BCUT2D eigenvalue weighted by molar-refractivity contribution is 5.83. The van der Waals surface area contributed by atoms with Crippen LogP contribution >= 0.6 is 0 Å². The van der Waals surface area contributed by atoms with Gasteiger partial charge in [-0.3, -0.25) is 14.9 Å². The van der Waals surface area contributed by atoms with Gasteiger partial charge in [-0.05, 0) is 20.3 Å². The van der Waals surface area contributed by atoms with Crippen molar-refractivity contribution < 1.29 is 19.1 Å². The molecule has 0 radical (unpaired) electrons. The second-order valence-electron chi connectivity index (χ2n) is 3.89. The third kappa shape index (κ3) is 6.56. The number of ether oxygens (including phenoxy) is 2. The zero-order valence-corrected chi connectivity index (χ0v) is 11.6. The molecule has 0 fully saturated rings. The van der Waals surface area contributed by atoms with Gasteiger partial charge < -0.3 is 14.8 Å².